The summed E-state index contributed by atoms with van der Waals surface area (Å²) < 4.78 is 5.07. The van der Waals surface area contributed by atoms with Crippen LogP contribution in [0.4, 0.5) is 11.4 Å². The number of rotatable bonds is 8. The maximum absolute atomic E-state index is 6.02. The Morgan fingerprint density at radius 1 is 1.18 bits per heavy atom. The number of benzene rings is 1. The number of ether oxygens (including phenoxy) is 1. The van der Waals surface area contributed by atoms with Gasteiger partial charge in [0, 0.05) is 26.8 Å². The van der Waals surface area contributed by atoms with E-state index in [9.17, 15) is 0 Å². The van der Waals surface area contributed by atoms with Gasteiger partial charge < -0.3 is 15.4 Å². The van der Waals surface area contributed by atoms with Gasteiger partial charge in [-0.3, -0.25) is 0 Å². The molecule has 17 heavy (non-hydrogen) atoms. The van der Waals surface area contributed by atoms with E-state index >= 15 is 0 Å². The van der Waals surface area contributed by atoms with Gasteiger partial charge in [0.25, 0.3) is 0 Å². The number of anilines is 2. The molecule has 1 aromatic carbocycles. The summed E-state index contributed by atoms with van der Waals surface area (Å²) in [5.41, 5.74) is 8.04. The van der Waals surface area contributed by atoms with Crippen molar-refractivity contribution >= 4 is 11.4 Å². The molecule has 96 valence electrons. The van der Waals surface area contributed by atoms with Gasteiger partial charge in [0.05, 0.1) is 11.4 Å². The van der Waals surface area contributed by atoms with Crippen molar-refractivity contribution in [2.24, 2.45) is 0 Å². The lowest BCUT2D eigenvalue weighted by Gasteiger charge is -2.25. The quantitative estimate of drug-likeness (QED) is 0.557. The Hall–Kier alpha value is -1.22. The van der Waals surface area contributed by atoms with Crippen molar-refractivity contribution in [3.05, 3.63) is 24.3 Å². The summed E-state index contributed by atoms with van der Waals surface area (Å²) in [7, 11) is 1.75. The molecule has 0 atom stereocenters. The fourth-order valence-electron chi connectivity index (χ4n) is 1.95. The van der Waals surface area contributed by atoms with Gasteiger partial charge in [-0.25, -0.2) is 0 Å². The first kappa shape index (κ1) is 13.8. The largest absolute Gasteiger partial charge is 0.397 e. The first-order valence-corrected chi connectivity index (χ1v) is 6.38. The molecule has 0 radical (unpaired) electrons. The summed E-state index contributed by atoms with van der Waals surface area (Å²) in [4.78, 5) is 2.37. The first-order valence-electron chi connectivity index (χ1n) is 6.38. The molecule has 1 rings (SSSR count). The highest BCUT2D eigenvalue weighted by molar-refractivity contribution is 5.67. The van der Waals surface area contributed by atoms with Crippen molar-refractivity contribution in [2.75, 3.05) is 37.4 Å². The molecule has 0 aliphatic heterocycles. The van der Waals surface area contributed by atoms with Gasteiger partial charge in [-0.1, -0.05) is 19.1 Å². The van der Waals surface area contributed by atoms with Gasteiger partial charge in [0.15, 0.2) is 0 Å². The van der Waals surface area contributed by atoms with Crippen molar-refractivity contribution in [2.45, 2.75) is 26.2 Å². The zero-order chi connectivity index (χ0) is 12.5. The average Bonchev–Trinajstić information content (AvgIpc) is 2.34. The Kier molecular flexibility index (Phi) is 6.48. The fourth-order valence-corrected chi connectivity index (χ4v) is 1.95. The lowest BCUT2D eigenvalue weighted by atomic mass is 10.2. The molecule has 0 saturated carbocycles. The van der Waals surface area contributed by atoms with Crippen LogP contribution >= 0.6 is 0 Å². The molecule has 0 bridgehead atoms. The summed E-state index contributed by atoms with van der Waals surface area (Å²) in [5, 5.41) is 0. The number of unbranched alkanes of at least 4 members (excludes halogenated alkanes) is 1. The van der Waals surface area contributed by atoms with Crippen molar-refractivity contribution in [1.29, 1.82) is 0 Å². The molecule has 0 amide bonds. The second kappa shape index (κ2) is 7.96. The molecule has 3 heteroatoms. The molecule has 0 aliphatic carbocycles. The Bertz CT molecular complexity index is 315. The highest BCUT2D eigenvalue weighted by Gasteiger charge is 2.07. The highest BCUT2D eigenvalue weighted by atomic mass is 16.5. The third-order valence-corrected chi connectivity index (χ3v) is 2.80. The van der Waals surface area contributed by atoms with Gasteiger partial charge in [0.2, 0.25) is 0 Å². The number of nitrogen functional groups attached to an aromatic ring is 1. The molecule has 0 unspecified atom stereocenters. The highest BCUT2D eigenvalue weighted by Crippen LogP contribution is 2.22. The minimum atomic E-state index is 0.838. The zero-order valence-electron chi connectivity index (χ0n) is 11.0. The molecule has 1 aromatic rings. The van der Waals surface area contributed by atoms with Crippen LogP contribution < -0.4 is 10.6 Å². The van der Waals surface area contributed by atoms with Crippen molar-refractivity contribution in [1.82, 2.24) is 0 Å². The van der Waals surface area contributed by atoms with Gasteiger partial charge in [-0.05, 0) is 31.4 Å². The predicted octanol–water partition coefficient (Wildman–Crippen LogP) is 2.91. The Morgan fingerprint density at radius 2 is 1.94 bits per heavy atom. The summed E-state index contributed by atoms with van der Waals surface area (Å²) in [6, 6.07) is 8.09. The van der Waals surface area contributed by atoms with E-state index < -0.39 is 0 Å². The minimum absolute atomic E-state index is 0.838. The van der Waals surface area contributed by atoms with E-state index in [2.05, 4.69) is 17.9 Å². The summed E-state index contributed by atoms with van der Waals surface area (Å²) in [6.45, 7) is 5.14. The van der Waals surface area contributed by atoms with E-state index in [0.717, 1.165) is 50.3 Å². The number of hydrogen-bond donors (Lipinski definition) is 1. The molecule has 3 nitrogen and oxygen atoms in total. The van der Waals surface area contributed by atoms with E-state index in [1.807, 2.05) is 18.2 Å². The molecule has 0 aliphatic rings. The van der Waals surface area contributed by atoms with Crippen LogP contribution in [0.25, 0.3) is 0 Å². The van der Waals surface area contributed by atoms with Crippen molar-refractivity contribution in [3.8, 4) is 0 Å². The Labute approximate surface area is 105 Å². The van der Waals surface area contributed by atoms with Crippen LogP contribution in [0.1, 0.15) is 26.2 Å². The second-order valence-electron chi connectivity index (χ2n) is 4.25. The summed E-state index contributed by atoms with van der Waals surface area (Å²) in [5.74, 6) is 0. The second-order valence-corrected chi connectivity index (χ2v) is 4.25. The van der Waals surface area contributed by atoms with Crippen LogP contribution in [0.15, 0.2) is 24.3 Å². The number of para-hydroxylation sites is 2. The normalized spacial score (nSPS) is 10.5. The van der Waals surface area contributed by atoms with E-state index in [4.69, 9.17) is 10.5 Å². The topological polar surface area (TPSA) is 38.5 Å². The van der Waals surface area contributed by atoms with Crippen LogP contribution in [-0.4, -0.2) is 26.8 Å². The average molecular weight is 236 g/mol. The third-order valence-electron chi connectivity index (χ3n) is 2.80. The van der Waals surface area contributed by atoms with Crippen LogP contribution in [0, 0.1) is 0 Å². The molecule has 2 N–H and O–H groups in total. The Balaban J connectivity index is 2.56. The summed E-state index contributed by atoms with van der Waals surface area (Å²) in [6.07, 6.45) is 3.38. The number of methoxy groups -OCH3 is 1. The molecule has 0 saturated heterocycles. The molecule has 0 fully saturated rings. The van der Waals surface area contributed by atoms with E-state index in [0.29, 0.717) is 0 Å². The molecular formula is C14H24N2O. The molecule has 0 aromatic heterocycles. The van der Waals surface area contributed by atoms with Crippen LogP contribution in [0.5, 0.6) is 0 Å². The maximum Gasteiger partial charge on any atom is 0.0599 e. The van der Waals surface area contributed by atoms with Crippen molar-refractivity contribution < 1.29 is 4.74 Å². The minimum Gasteiger partial charge on any atom is -0.397 e. The number of nitrogens with zero attached hydrogens (tertiary/aromatic N) is 1. The lowest BCUT2D eigenvalue weighted by molar-refractivity contribution is 0.193. The smallest absolute Gasteiger partial charge is 0.0599 e. The van der Waals surface area contributed by atoms with E-state index in [1.54, 1.807) is 7.11 Å². The number of nitrogens with two attached hydrogens (primary N) is 1. The Morgan fingerprint density at radius 3 is 2.59 bits per heavy atom. The standard InChI is InChI=1S/C14H24N2O/c1-3-10-16(11-6-7-12-17-2)14-9-5-4-8-13(14)15/h4-5,8-9H,3,6-7,10-12,15H2,1-2H3. The summed E-state index contributed by atoms with van der Waals surface area (Å²) >= 11 is 0. The van der Waals surface area contributed by atoms with Crippen molar-refractivity contribution in [3.63, 3.8) is 0 Å². The molecule has 0 heterocycles. The monoisotopic (exact) mass is 236 g/mol. The van der Waals surface area contributed by atoms with Gasteiger partial charge in [-0.2, -0.15) is 0 Å². The fraction of sp³-hybridized carbons (Fsp3) is 0.571. The lowest BCUT2D eigenvalue weighted by Crippen LogP contribution is -2.26. The molecular weight excluding hydrogens is 212 g/mol. The maximum atomic E-state index is 6.02. The predicted molar refractivity (Wildman–Crippen MR) is 74.5 cm³/mol. The SMILES string of the molecule is CCCN(CCCCOC)c1ccccc1N. The van der Waals surface area contributed by atoms with Crippen LogP contribution in [0.2, 0.25) is 0 Å². The van der Waals surface area contributed by atoms with Gasteiger partial charge >= 0.3 is 0 Å². The first-order chi connectivity index (χ1) is 8.29. The zero-order valence-corrected chi connectivity index (χ0v) is 11.0. The molecule has 0 spiro atoms. The van der Waals surface area contributed by atoms with Gasteiger partial charge in [-0.15, -0.1) is 0 Å². The third kappa shape index (κ3) is 4.65. The van der Waals surface area contributed by atoms with Crippen LogP contribution in [-0.2, 0) is 4.74 Å². The van der Waals surface area contributed by atoms with Crippen LogP contribution in [0.3, 0.4) is 0 Å². The van der Waals surface area contributed by atoms with E-state index in [1.165, 1.54) is 0 Å². The number of hydrogen-bond acceptors (Lipinski definition) is 3. The van der Waals surface area contributed by atoms with Gasteiger partial charge in [0.1, 0.15) is 0 Å². The van der Waals surface area contributed by atoms with E-state index in [-0.39, 0.29) is 0 Å².